The van der Waals surface area contributed by atoms with Gasteiger partial charge in [-0.3, -0.25) is 4.79 Å². The van der Waals surface area contributed by atoms with Crippen molar-refractivity contribution in [2.45, 2.75) is 19.3 Å². The van der Waals surface area contributed by atoms with Crippen LogP contribution in [0.2, 0.25) is 0 Å². The molecule has 1 unspecified atom stereocenters. The number of amides is 1. The minimum Gasteiger partial charge on any atom is -0.340 e. The fourth-order valence-electron chi connectivity index (χ4n) is 3.59. The Morgan fingerprint density at radius 1 is 1.12 bits per heavy atom. The Hall–Kier alpha value is -0.610. The van der Waals surface area contributed by atoms with Gasteiger partial charge >= 0.3 is 0 Å². The molecule has 4 heteroatoms. The lowest BCUT2D eigenvalue weighted by Gasteiger charge is -2.45. The molecule has 1 amide bonds. The van der Waals surface area contributed by atoms with Crippen LogP contribution in [0.25, 0.3) is 0 Å². The number of nitrogens with zero attached hydrogens (tertiary/aromatic N) is 2. The Morgan fingerprint density at radius 2 is 1.82 bits per heavy atom. The summed E-state index contributed by atoms with van der Waals surface area (Å²) in [4.78, 5) is 16.8. The minimum atomic E-state index is 0.394. The average molecular weight is 237 g/mol. The van der Waals surface area contributed by atoms with Crippen LogP contribution in [0.3, 0.4) is 0 Å². The van der Waals surface area contributed by atoms with Gasteiger partial charge in [0, 0.05) is 39.1 Å². The molecule has 0 aromatic rings. The first kappa shape index (κ1) is 11.5. The van der Waals surface area contributed by atoms with E-state index in [0.717, 1.165) is 38.5 Å². The topological polar surface area (TPSA) is 35.6 Å². The first-order valence-electron chi connectivity index (χ1n) is 7.04. The predicted octanol–water partition coefficient (Wildman–Crippen LogP) is 0.150. The summed E-state index contributed by atoms with van der Waals surface area (Å²) in [6.45, 7) is 7.44. The van der Waals surface area contributed by atoms with Gasteiger partial charge in [-0.05, 0) is 37.8 Å². The Labute approximate surface area is 103 Å². The number of carbonyl (C=O) groups excluding carboxylic acids is 1. The van der Waals surface area contributed by atoms with Crippen LogP contribution >= 0.6 is 0 Å². The average Bonchev–Trinajstić information content (AvgIpc) is 2.41. The quantitative estimate of drug-likeness (QED) is 0.742. The Balaban J connectivity index is 1.54. The molecule has 96 valence electrons. The van der Waals surface area contributed by atoms with Crippen LogP contribution in [0.1, 0.15) is 19.3 Å². The maximum atomic E-state index is 12.2. The summed E-state index contributed by atoms with van der Waals surface area (Å²) in [6.07, 6.45) is 3.43. The third-order valence-corrected chi connectivity index (χ3v) is 4.70. The molecule has 4 aliphatic heterocycles. The first-order valence-corrected chi connectivity index (χ1v) is 7.04. The van der Waals surface area contributed by atoms with Crippen LogP contribution in [0.4, 0.5) is 0 Å². The molecule has 4 aliphatic rings. The van der Waals surface area contributed by atoms with Gasteiger partial charge in [-0.25, -0.2) is 0 Å². The van der Waals surface area contributed by atoms with Crippen molar-refractivity contribution in [3.05, 3.63) is 0 Å². The Bertz CT molecular complexity index is 280. The Kier molecular flexibility index (Phi) is 3.34. The molecule has 4 heterocycles. The summed E-state index contributed by atoms with van der Waals surface area (Å²) in [5.74, 6) is 1.86. The minimum absolute atomic E-state index is 0.394. The zero-order valence-corrected chi connectivity index (χ0v) is 10.5. The monoisotopic (exact) mass is 237 g/mol. The van der Waals surface area contributed by atoms with E-state index in [4.69, 9.17) is 0 Å². The van der Waals surface area contributed by atoms with E-state index in [2.05, 4.69) is 10.2 Å². The second-order valence-corrected chi connectivity index (χ2v) is 5.73. The van der Waals surface area contributed by atoms with Crippen molar-refractivity contribution in [3.63, 3.8) is 0 Å². The molecular weight excluding hydrogens is 214 g/mol. The maximum Gasteiger partial charge on any atom is 0.222 e. The molecule has 0 spiro atoms. The zero-order valence-electron chi connectivity index (χ0n) is 10.5. The normalized spacial score (nSPS) is 37.2. The van der Waals surface area contributed by atoms with E-state index < -0.39 is 0 Å². The lowest BCUT2D eigenvalue weighted by molar-refractivity contribution is -0.134. The van der Waals surface area contributed by atoms with Gasteiger partial charge in [-0.2, -0.15) is 0 Å². The van der Waals surface area contributed by atoms with Gasteiger partial charge in [0.1, 0.15) is 0 Å². The molecule has 0 saturated carbocycles. The van der Waals surface area contributed by atoms with E-state index in [9.17, 15) is 4.79 Å². The largest absolute Gasteiger partial charge is 0.340 e. The van der Waals surface area contributed by atoms with E-state index in [1.807, 2.05) is 4.90 Å². The molecular formula is C13H23N3O. The Morgan fingerprint density at radius 3 is 2.41 bits per heavy atom. The molecule has 4 fully saturated rings. The zero-order chi connectivity index (χ0) is 11.7. The highest BCUT2D eigenvalue weighted by molar-refractivity contribution is 5.76. The fourth-order valence-corrected chi connectivity index (χ4v) is 3.59. The van der Waals surface area contributed by atoms with Gasteiger partial charge in [-0.15, -0.1) is 0 Å². The van der Waals surface area contributed by atoms with Crippen LogP contribution in [0, 0.1) is 11.8 Å². The number of nitrogens with one attached hydrogen (secondary N) is 1. The second kappa shape index (κ2) is 4.94. The standard InChI is InChI=1S/C13H23N3O/c17-13(16-7-3-14-4-8-16)9-12-10-15-5-1-11(12)2-6-15/h11-12,14H,1-10H2. The van der Waals surface area contributed by atoms with Crippen LogP contribution in [-0.4, -0.2) is 61.5 Å². The number of hydrogen-bond donors (Lipinski definition) is 1. The summed E-state index contributed by atoms with van der Waals surface area (Å²) in [6, 6.07) is 0. The van der Waals surface area contributed by atoms with Gasteiger partial charge < -0.3 is 15.1 Å². The number of hydrogen-bond acceptors (Lipinski definition) is 3. The van der Waals surface area contributed by atoms with E-state index in [1.54, 1.807) is 0 Å². The molecule has 0 aromatic carbocycles. The lowest BCUT2D eigenvalue weighted by Crippen LogP contribution is -2.51. The molecule has 17 heavy (non-hydrogen) atoms. The second-order valence-electron chi connectivity index (χ2n) is 5.73. The highest BCUT2D eigenvalue weighted by Gasteiger charge is 2.35. The number of fused-ring (bicyclic) bond motifs is 3. The summed E-state index contributed by atoms with van der Waals surface area (Å²) in [7, 11) is 0. The summed E-state index contributed by atoms with van der Waals surface area (Å²) < 4.78 is 0. The van der Waals surface area contributed by atoms with Crippen molar-refractivity contribution < 1.29 is 4.79 Å². The van der Waals surface area contributed by atoms with Gasteiger partial charge in [0.2, 0.25) is 5.91 Å². The summed E-state index contributed by atoms with van der Waals surface area (Å²) in [5, 5.41) is 3.30. The maximum absolute atomic E-state index is 12.2. The van der Waals surface area contributed by atoms with Crippen molar-refractivity contribution in [1.82, 2.24) is 15.1 Å². The SMILES string of the molecule is O=C(CC1CN2CCC1CC2)N1CCNCC1. The van der Waals surface area contributed by atoms with Gasteiger partial charge in [-0.1, -0.05) is 0 Å². The molecule has 2 bridgehead atoms. The number of piperidine rings is 3. The third-order valence-electron chi connectivity index (χ3n) is 4.70. The number of rotatable bonds is 2. The number of carbonyl (C=O) groups is 1. The molecule has 0 radical (unpaired) electrons. The van der Waals surface area contributed by atoms with Gasteiger partial charge in [0.05, 0.1) is 0 Å². The summed E-state index contributed by atoms with van der Waals surface area (Å²) >= 11 is 0. The van der Waals surface area contributed by atoms with E-state index in [0.29, 0.717) is 11.8 Å². The van der Waals surface area contributed by atoms with E-state index >= 15 is 0 Å². The van der Waals surface area contributed by atoms with Gasteiger partial charge in [0.25, 0.3) is 0 Å². The molecule has 4 rings (SSSR count). The third kappa shape index (κ3) is 2.47. The fraction of sp³-hybridized carbons (Fsp3) is 0.923. The van der Waals surface area contributed by atoms with Crippen molar-refractivity contribution >= 4 is 5.91 Å². The summed E-state index contributed by atoms with van der Waals surface area (Å²) in [5.41, 5.74) is 0. The van der Waals surface area contributed by atoms with E-state index in [-0.39, 0.29) is 0 Å². The van der Waals surface area contributed by atoms with Crippen molar-refractivity contribution in [3.8, 4) is 0 Å². The number of piperazine rings is 1. The predicted molar refractivity (Wildman–Crippen MR) is 66.7 cm³/mol. The van der Waals surface area contributed by atoms with Crippen LogP contribution < -0.4 is 5.32 Å². The van der Waals surface area contributed by atoms with E-state index in [1.165, 1.54) is 32.5 Å². The smallest absolute Gasteiger partial charge is 0.222 e. The van der Waals surface area contributed by atoms with Crippen molar-refractivity contribution in [2.24, 2.45) is 11.8 Å². The first-order chi connectivity index (χ1) is 8.33. The lowest BCUT2D eigenvalue weighted by atomic mass is 9.77. The molecule has 4 nitrogen and oxygen atoms in total. The molecule has 0 aromatic heterocycles. The highest BCUT2D eigenvalue weighted by Crippen LogP contribution is 2.34. The van der Waals surface area contributed by atoms with Crippen LogP contribution in [0.5, 0.6) is 0 Å². The van der Waals surface area contributed by atoms with Crippen molar-refractivity contribution in [2.75, 3.05) is 45.8 Å². The molecule has 0 aliphatic carbocycles. The van der Waals surface area contributed by atoms with Crippen molar-refractivity contribution in [1.29, 1.82) is 0 Å². The highest BCUT2D eigenvalue weighted by atomic mass is 16.2. The van der Waals surface area contributed by atoms with Gasteiger partial charge in [0.15, 0.2) is 0 Å². The molecule has 1 atom stereocenters. The van der Waals surface area contributed by atoms with Crippen LogP contribution in [0.15, 0.2) is 0 Å². The van der Waals surface area contributed by atoms with Crippen LogP contribution in [-0.2, 0) is 4.79 Å². The molecule has 1 N–H and O–H groups in total. The molecule has 4 saturated heterocycles.